The fourth-order valence-corrected chi connectivity index (χ4v) is 9.76. The average Bonchev–Trinajstić information content (AvgIpc) is 2.91. The van der Waals surface area contributed by atoms with Gasteiger partial charge in [-0.05, 0) is 79.9 Å². The molecule has 0 fully saturated rings. The Bertz CT molecular complexity index is 951. The summed E-state index contributed by atoms with van der Waals surface area (Å²) in [5.41, 5.74) is 12.9. The highest BCUT2D eigenvalue weighted by molar-refractivity contribution is 7.80. The van der Waals surface area contributed by atoms with Crippen molar-refractivity contribution in [1.82, 2.24) is 32.3 Å². The SMILES string of the molecule is CCNC(=S)NNC(C)C(CCCCO[Si](c1ccccc1)(c1ccccc1)C(C)(C)C)NNC(=S)NCC. The predicted octanol–water partition coefficient (Wildman–Crippen LogP) is 3.47. The van der Waals surface area contributed by atoms with Gasteiger partial charge in [-0.1, -0.05) is 81.4 Å². The van der Waals surface area contributed by atoms with Crippen molar-refractivity contribution in [3.05, 3.63) is 60.7 Å². The molecule has 7 nitrogen and oxygen atoms in total. The number of rotatable bonds is 15. The normalized spacial score (nSPS) is 13.3. The van der Waals surface area contributed by atoms with Crippen LogP contribution in [0.3, 0.4) is 0 Å². The van der Waals surface area contributed by atoms with Gasteiger partial charge in [0.05, 0.1) is 0 Å². The second-order valence-corrected chi connectivity index (χ2v) is 15.8. The van der Waals surface area contributed by atoms with E-state index >= 15 is 0 Å². The first-order valence-corrected chi connectivity index (χ1v) is 16.7. The van der Waals surface area contributed by atoms with Crippen LogP contribution in [-0.2, 0) is 4.43 Å². The van der Waals surface area contributed by atoms with Gasteiger partial charge in [0.15, 0.2) is 10.2 Å². The summed E-state index contributed by atoms with van der Waals surface area (Å²) in [5, 5.41) is 9.98. The summed E-state index contributed by atoms with van der Waals surface area (Å²) in [6.45, 7) is 15.3. The van der Waals surface area contributed by atoms with Crippen molar-refractivity contribution in [1.29, 1.82) is 0 Å². The summed E-state index contributed by atoms with van der Waals surface area (Å²) in [4.78, 5) is 0. The maximum Gasteiger partial charge on any atom is 0.261 e. The van der Waals surface area contributed by atoms with Gasteiger partial charge in [0.1, 0.15) is 0 Å². The van der Waals surface area contributed by atoms with E-state index in [4.69, 9.17) is 28.9 Å². The molecule has 0 saturated carbocycles. The summed E-state index contributed by atoms with van der Waals surface area (Å²) in [5.74, 6) is 0. The van der Waals surface area contributed by atoms with Crippen LogP contribution < -0.4 is 42.7 Å². The molecular weight excluding hydrogens is 541 g/mol. The number of hydrazine groups is 2. The first kappa shape index (κ1) is 33.1. The monoisotopic (exact) mass is 588 g/mol. The summed E-state index contributed by atoms with van der Waals surface area (Å²) in [7, 11) is -2.52. The summed E-state index contributed by atoms with van der Waals surface area (Å²) >= 11 is 10.7. The topological polar surface area (TPSA) is 81.4 Å². The molecule has 216 valence electrons. The highest BCUT2D eigenvalue weighted by atomic mass is 32.1. The molecule has 2 rings (SSSR count). The molecular formula is C29H48N6OS2Si. The van der Waals surface area contributed by atoms with Gasteiger partial charge < -0.3 is 15.1 Å². The molecule has 0 radical (unpaired) electrons. The first-order valence-electron chi connectivity index (χ1n) is 14.0. The molecule has 2 atom stereocenters. The largest absolute Gasteiger partial charge is 0.407 e. The first-order chi connectivity index (χ1) is 18.7. The van der Waals surface area contributed by atoms with E-state index < -0.39 is 8.32 Å². The predicted molar refractivity (Wildman–Crippen MR) is 176 cm³/mol. The molecule has 0 aromatic heterocycles. The van der Waals surface area contributed by atoms with E-state index in [1.807, 2.05) is 13.8 Å². The molecule has 0 aliphatic heterocycles. The lowest BCUT2D eigenvalue weighted by atomic mass is 10.0. The lowest BCUT2D eigenvalue weighted by molar-refractivity contribution is 0.275. The molecule has 2 unspecified atom stereocenters. The lowest BCUT2D eigenvalue weighted by Crippen LogP contribution is -2.66. The van der Waals surface area contributed by atoms with Crippen LogP contribution in [-0.4, -0.2) is 50.3 Å². The van der Waals surface area contributed by atoms with E-state index in [1.165, 1.54) is 10.4 Å². The van der Waals surface area contributed by atoms with E-state index in [1.54, 1.807) is 0 Å². The maximum absolute atomic E-state index is 7.06. The average molecular weight is 589 g/mol. The van der Waals surface area contributed by atoms with Gasteiger partial charge in [-0.3, -0.25) is 10.9 Å². The summed E-state index contributed by atoms with van der Waals surface area (Å²) in [6, 6.07) is 21.8. The minimum Gasteiger partial charge on any atom is -0.407 e. The Morgan fingerprint density at radius 3 is 1.74 bits per heavy atom. The molecule has 6 N–H and O–H groups in total. The van der Waals surface area contributed by atoms with Crippen LogP contribution in [0, 0.1) is 0 Å². The number of thiocarbonyl (C=S) groups is 2. The zero-order chi connectivity index (χ0) is 28.7. The van der Waals surface area contributed by atoms with Crippen LogP contribution in [0.25, 0.3) is 0 Å². The van der Waals surface area contributed by atoms with E-state index in [-0.39, 0.29) is 17.1 Å². The van der Waals surface area contributed by atoms with Gasteiger partial charge in [-0.15, -0.1) is 0 Å². The highest BCUT2D eigenvalue weighted by Gasteiger charge is 2.49. The fourth-order valence-electron chi connectivity index (χ4n) is 4.75. The van der Waals surface area contributed by atoms with Gasteiger partial charge in [0.25, 0.3) is 8.32 Å². The molecule has 0 bridgehead atoms. The Hall–Kier alpha value is -2.08. The molecule has 2 aromatic rings. The van der Waals surface area contributed by atoms with Crippen molar-refractivity contribution in [3.8, 4) is 0 Å². The smallest absolute Gasteiger partial charge is 0.261 e. The van der Waals surface area contributed by atoms with Crippen LogP contribution in [0.5, 0.6) is 0 Å². The van der Waals surface area contributed by atoms with Crippen molar-refractivity contribution in [2.24, 2.45) is 0 Å². The Kier molecular flexibility index (Phi) is 14.3. The molecule has 0 spiro atoms. The van der Waals surface area contributed by atoms with Crippen LogP contribution in [0.15, 0.2) is 60.7 Å². The number of unbranched alkanes of at least 4 members (excludes halogenated alkanes) is 1. The molecule has 39 heavy (non-hydrogen) atoms. The van der Waals surface area contributed by atoms with Crippen molar-refractivity contribution < 1.29 is 4.43 Å². The molecule has 0 saturated heterocycles. The van der Waals surface area contributed by atoms with Crippen LogP contribution in [0.4, 0.5) is 0 Å². The summed E-state index contributed by atoms with van der Waals surface area (Å²) in [6.07, 6.45) is 2.88. The van der Waals surface area contributed by atoms with Gasteiger partial charge in [0.2, 0.25) is 0 Å². The zero-order valence-electron chi connectivity index (χ0n) is 24.4. The Labute approximate surface area is 247 Å². The Morgan fingerprint density at radius 1 is 0.795 bits per heavy atom. The van der Waals surface area contributed by atoms with Crippen LogP contribution in [0.2, 0.25) is 5.04 Å². The minimum atomic E-state index is -2.52. The standard InChI is InChI=1S/C29H48N6OS2Si/c1-7-30-27(37)34-32-23(3)26(33-35-28(38)31-8-2)21-15-16-22-36-39(29(4,5)6,24-17-11-9-12-18-24)25-19-13-10-14-20-25/h9-14,17-20,23,26,32-33H,7-8,15-16,21-22H2,1-6H3,(H2,30,34,37)(H2,31,35,38). The second-order valence-electron chi connectivity index (χ2n) is 10.7. The van der Waals surface area contributed by atoms with E-state index in [2.05, 4.69) is 121 Å². The van der Waals surface area contributed by atoms with Crippen LogP contribution in [0.1, 0.15) is 60.8 Å². The zero-order valence-corrected chi connectivity index (χ0v) is 27.0. The van der Waals surface area contributed by atoms with Gasteiger partial charge in [-0.2, -0.15) is 0 Å². The van der Waals surface area contributed by atoms with Gasteiger partial charge >= 0.3 is 0 Å². The highest BCUT2D eigenvalue weighted by Crippen LogP contribution is 2.36. The minimum absolute atomic E-state index is 0.0270. The Balaban J connectivity index is 2.09. The fraction of sp³-hybridized carbons (Fsp3) is 0.517. The van der Waals surface area contributed by atoms with E-state index in [0.29, 0.717) is 16.8 Å². The van der Waals surface area contributed by atoms with Gasteiger partial charge in [-0.25, -0.2) is 10.9 Å². The van der Waals surface area contributed by atoms with Crippen molar-refractivity contribution >= 4 is 53.4 Å². The maximum atomic E-state index is 7.06. The molecule has 0 aliphatic carbocycles. The number of benzene rings is 2. The van der Waals surface area contributed by atoms with Gasteiger partial charge in [0, 0.05) is 31.8 Å². The number of hydrogen-bond acceptors (Lipinski definition) is 5. The second kappa shape index (κ2) is 16.9. The van der Waals surface area contributed by atoms with E-state index in [0.717, 1.165) is 32.4 Å². The van der Waals surface area contributed by atoms with Crippen LogP contribution >= 0.6 is 24.4 Å². The quantitative estimate of drug-likeness (QED) is 0.0812. The molecule has 0 heterocycles. The molecule has 0 aliphatic rings. The van der Waals surface area contributed by atoms with E-state index in [9.17, 15) is 0 Å². The molecule has 2 aromatic carbocycles. The number of hydrogen-bond donors (Lipinski definition) is 6. The van der Waals surface area contributed by atoms with Crippen molar-refractivity contribution in [2.75, 3.05) is 19.7 Å². The van der Waals surface area contributed by atoms with Crippen molar-refractivity contribution in [3.63, 3.8) is 0 Å². The third-order valence-corrected chi connectivity index (χ3v) is 12.2. The third kappa shape index (κ3) is 10.1. The lowest BCUT2D eigenvalue weighted by Gasteiger charge is -2.43. The molecule has 0 amide bonds. The summed E-state index contributed by atoms with van der Waals surface area (Å²) < 4.78 is 7.06. The number of nitrogens with one attached hydrogen (secondary N) is 6. The third-order valence-electron chi connectivity index (χ3n) is 6.71. The van der Waals surface area contributed by atoms with Crippen molar-refractivity contribution in [2.45, 2.75) is 77.9 Å². The Morgan fingerprint density at radius 2 is 1.28 bits per heavy atom. The molecule has 10 heteroatoms.